The molecule has 0 radical (unpaired) electrons. The Morgan fingerprint density at radius 2 is 1.56 bits per heavy atom. The van der Waals surface area contributed by atoms with Crippen molar-refractivity contribution < 1.29 is 14.3 Å². The van der Waals surface area contributed by atoms with Crippen molar-refractivity contribution in [1.29, 1.82) is 0 Å². The largest absolute Gasteiger partial charge is 0.494 e. The third kappa shape index (κ3) is 9.94. The summed E-state index contributed by atoms with van der Waals surface area (Å²) in [5.41, 5.74) is 6.25. The number of carbonyl (C=O) groups excluding carboxylic acids is 1. The first-order valence-electron chi connectivity index (χ1n) is 22.5. The first kappa shape index (κ1) is 40.8. The summed E-state index contributed by atoms with van der Waals surface area (Å²) in [4.78, 5) is 12.9. The molecular weight excluding hydrogens is 661 g/mol. The van der Waals surface area contributed by atoms with Gasteiger partial charge in [0.25, 0.3) is 0 Å². The van der Waals surface area contributed by atoms with Gasteiger partial charge < -0.3 is 9.47 Å². The van der Waals surface area contributed by atoms with E-state index in [1.807, 2.05) is 12.1 Å². The lowest BCUT2D eigenvalue weighted by Gasteiger charge is -2.58. The molecule has 4 aliphatic carbocycles. The fraction of sp³-hybridized carbons (Fsp3) is 0.667. The topological polar surface area (TPSA) is 35.5 Å². The monoisotopic (exact) mass is 735 g/mol. The van der Waals surface area contributed by atoms with E-state index in [4.69, 9.17) is 9.47 Å². The molecule has 0 spiro atoms. The van der Waals surface area contributed by atoms with Gasteiger partial charge in [-0.15, -0.1) is 0 Å². The minimum absolute atomic E-state index is 0.0113. The zero-order valence-corrected chi connectivity index (χ0v) is 35.1. The van der Waals surface area contributed by atoms with Gasteiger partial charge in [-0.3, -0.25) is 4.79 Å². The van der Waals surface area contributed by atoms with Gasteiger partial charge in [0.1, 0.15) is 11.9 Å². The van der Waals surface area contributed by atoms with Crippen LogP contribution in [-0.2, 0) is 16.0 Å². The zero-order chi connectivity index (χ0) is 38.1. The minimum Gasteiger partial charge on any atom is -0.494 e. The molecule has 296 valence electrons. The molecule has 0 aliphatic heterocycles. The molecule has 2 aromatic carbocycles. The molecule has 1 unspecified atom stereocenters. The van der Waals surface area contributed by atoms with Gasteiger partial charge in [-0.1, -0.05) is 127 Å². The Morgan fingerprint density at radius 1 is 0.815 bits per heavy atom. The maximum atomic E-state index is 12.9. The van der Waals surface area contributed by atoms with E-state index < -0.39 is 0 Å². The molecule has 54 heavy (non-hydrogen) atoms. The van der Waals surface area contributed by atoms with Gasteiger partial charge in [0, 0.05) is 12.8 Å². The highest BCUT2D eigenvalue weighted by Crippen LogP contribution is 2.67. The average Bonchev–Trinajstić information content (AvgIpc) is 3.52. The number of aryl methyl sites for hydroxylation is 1. The van der Waals surface area contributed by atoms with Crippen LogP contribution in [0.25, 0.3) is 12.2 Å². The van der Waals surface area contributed by atoms with Gasteiger partial charge in [0.2, 0.25) is 0 Å². The van der Waals surface area contributed by atoms with Gasteiger partial charge in [-0.2, -0.15) is 0 Å². The van der Waals surface area contributed by atoms with Crippen LogP contribution in [0.1, 0.15) is 167 Å². The smallest absolute Gasteiger partial charge is 0.306 e. The lowest BCUT2D eigenvalue weighted by Crippen LogP contribution is -2.51. The summed E-state index contributed by atoms with van der Waals surface area (Å²) >= 11 is 0. The predicted octanol–water partition coefficient (Wildman–Crippen LogP) is 14.1. The molecule has 0 amide bonds. The van der Waals surface area contributed by atoms with Gasteiger partial charge in [-0.05, 0) is 152 Å². The third-order valence-electron chi connectivity index (χ3n) is 15.0. The Morgan fingerprint density at radius 3 is 2.28 bits per heavy atom. The molecule has 3 heteroatoms. The van der Waals surface area contributed by atoms with Crippen molar-refractivity contribution in [2.45, 2.75) is 163 Å². The molecule has 0 N–H and O–H groups in total. The fourth-order valence-electron chi connectivity index (χ4n) is 11.8. The summed E-state index contributed by atoms with van der Waals surface area (Å²) in [7, 11) is 0. The summed E-state index contributed by atoms with van der Waals surface area (Å²) in [5, 5.41) is 0. The normalized spacial score (nSPS) is 29.7. The Bertz CT molecular complexity index is 1530. The fourth-order valence-corrected chi connectivity index (χ4v) is 11.8. The van der Waals surface area contributed by atoms with Gasteiger partial charge in [0.15, 0.2) is 0 Å². The quantitative estimate of drug-likeness (QED) is 0.0662. The Hall–Kier alpha value is -2.81. The van der Waals surface area contributed by atoms with Crippen LogP contribution in [0, 0.1) is 46.3 Å². The van der Waals surface area contributed by atoms with Crippen molar-refractivity contribution in [2.75, 3.05) is 6.61 Å². The van der Waals surface area contributed by atoms with Crippen molar-refractivity contribution >= 4 is 18.1 Å². The van der Waals surface area contributed by atoms with Crippen molar-refractivity contribution in [3.05, 3.63) is 76.9 Å². The minimum atomic E-state index is -0.0113. The SMILES string of the molecule is CCCCc1ccc(/C=C/c2ccc(OCCCCCC(=O)OC3CC[C@@]4(C)C(=CC[C@H]5[C@@H]6CC[C@H]([C@H](C)CCCC(C)C)[C@@]6(C)CC[C@@H]54)C3)cc2)cc1. The van der Waals surface area contributed by atoms with Crippen LogP contribution in [0.15, 0.2) is 60.2 Å². The summed E-state index contributed by atoms with van der Waals surface area (Å²) in [6, 6.07) is 17.2. The second-order valence-electron chi connectivity index (χ2n) is 19.1. The van der Waals surface area contributed by atoms with Crippen LogP contribution in [0.4, 0.5) is 0 Å². The van der Waals surface area contributed by atoms with Crippen LogP contribution in [0.3, 0.4) is 0 Å². The molecule has 3 fully saturated rings. The molecule has 0 heterocycles. The van der Waals surface area contributed by atoms with E-state index in [1.165, 1.54) is 87.3 Å². The molecule has 4 aliphatic rings. The van der Waals surface area contributed by atoms with Crippen LogP contribution in [0.5, 0.6) is 5.75 Å². The lowest BCUT2D eigenvalue weighted by atomic mass is 9.47. The number of benzene rings is 2. The van der Waals surface area contributed by atoms with E-state index in [1.54, 1.807) is 5.57 Å². The van der Waals surface area contributed by atoms with Gasteiger partial charge in [-0.25, -0.2) is 0 Å². The summed E-state index contributed by atoms with van der Waals surface area (Å²) in [6.45, 7) is 15.5. The van der Waals surface area contributed by atoms with E-state index in [-0.39, 0.29) is 12.1 Å². The highest BCUT2D eigenvalue weighted by molar-refractivity contribution is 5.70. The number of allylic oxidation sites excluding steroid dienone is 1. The van der Waals surface area contributed by atoms with E-state index in [0.29, 0.717) is 23.9 Å². The number of fused-ring (bicyclic) bond motifs is 5. The van der Waals surface area contributed by atoms with Crippen LogP contribution in [-0.4, -0.2) is 18.7 Å². The lowest BCUT2D eigenvalue weighted by molar-refractivity contribution is -0.151. The number of hydrogen-bond acceptors (Lipinski definition) is 3. The summed E-state index contributed by atoms with van der Waals surface area (Å²) in [5.74, 6) is 6.03. The Labute approximate surface area is 330 Å². The Balaban J connectivity index is 0.880. The maximum Gasteiger partial charge on any atom is 0.306 e. The molecule has 0 aromatic heterocycles. The number of hydrogen-bond donors (Lipinski definition) is 0. The maximum absolute atomic E-state index is 12.9. The number of rotatable bonds is 18. The van der Waals surface area contributed by atoms with Gasteiger partial charge >= 0.3 is 5.97 Å². The number of unbranched alkanes of at least 4 members (excludes halogenated alkanes) is 3. The third-order valence-corrected chi connectivity index (χ3v) is 15.0. The number of ether oxygens (including phenoxy) is 2. The molecule has 0 bridgehead atoms. The van der Waals surface area contributed by atoms with E-state index in [2.05, 4.69) is 96.2 Å². The van der Waals surface area contributed by atoms with Gasteiger partial charge in [0.05, 0.1) is 6.61 Å². The number of carbonyl (C=O) groups is 1. The molecule has 3 nitrogen and oxygen atoms in total. The second-order valence-corrected chi connectivity index (χ2v) is 19.1. The zero-order valence-electron chi connectivity index (χ0n) is 35.1. The van der Waals surface area contributed by atoms with Crippen molar-refractivity contribution in [3.8, 4) is 5.75 Å². The molecule has 3 saturated carbocycles. The summed E-state index contributed by atoms with van der Waals surface area (Å²) < 4.78 is 12.1. The predicted molar refractivity (Wildman–Crippen MR) is 227 cm³/mol. The first-order valence-corrected chi connectivity index (χ1v) is 22.5. The summed E-state index contributed by atoms with van der Waals surface area (Å²) in [6.07, 6.45) is 28.3. The van der Waals surface area contributed by atoms with Crippen molar-refractivity contribution in [2.24, 2.45) is 46.3 Å². The van der Waals surface area contributed by atoms with E-state index in [9.17, 15) is 4.79 Å². The highest BCUT2D eigenvalue weighted by Gasteiger charge is 2.59. The van der Waals surface area contributed by atoms with Crippen LogP contribution >= 0.6 is 0 Å². The highest BCUT2D eigenvalue weighted by atomic mass is 16.5. The second kappa shape index (κ2) is 18.9. The number of esters is 1. The standard InChI is InChI=1S/C51H74O3/c1-7-8-15-39-17-19-40(20-18-39)21-22-41-23-26-43(27-24-41)53-35-11-9-10-16-49(52)54-44-31-33-50(5)42(36-44)25-28-45-47-30-29-46(38(4)14-12-13-37(2)3)51(47,6)34-32-48(45)50/h17-27,37-38,44-48H,7-16,28-36H2,1-6H3/b22-21+/t38-,44?,45+,46-,47+,48+,50+,51-/m1/s1. The van der Waals surface area contributed by atoms with Crippen LogP contribution < -0.4 is 4.74 Å². The molecule has 0 saturated heterocycles. The average molecular weight is 735 g/mol. The first-order chi connectivity index (χ1) is 26.1. The molecule has 6 rings (SSSR count). The van der Waals surface area contributed by atoms with Crippen molar-refractivity contribution in [3.63, 3.8) is 0 Å². The van der Waals surface area contributed by atoms with Crippen molar-refractivity contribution in [1.82, 2.24) is 0 Å². The molecular formula is C51H74O3. The Kier molecular flexibility index (Phi) is 14.3. The van der Waals surface area contributed by atoms with E-state index in [0.717, 1.165) is 79.8 Å². The van der Waals surface area contributed by atoms with Crippen LogP contribution in [0.2, 0.25) is 0 Å². The molecule has 2 aromatic rings. The van der Waals surface area contributed by atoms with E-state index >= 15 is 0 Å². The molecule has 8 atom stereocenters.